The molecule has 0 atom stereocenters. The highest BCUT2D eigenvalue weighted by atomic mass is 19.4. The minimum Gasteiger partial charge on any atom is -0.351 e. The third-order valence-electron chi connectivity index (χ3n) is 2.49. The van der Waals surface area contributed by atoms with Crippen molar-refractivity contribution in [3.05, 3.63) is 35.4 Å². The number of hydrogen-bond acceptors (Lipinski definition) is 2. The average Bonchev–Trinajstić information content (AvgIpc) is 2.33. The van der Waals surface area contributed by atoms with E-state index in [-0.39, 0.29) is 12.5 Å². The number of halogens is 3. The van der Waals surface area contributed by atoms with Crippen molar-refractivity contribution in [2.45, 2.75) is 19.5 Å². The van der Waals surface area contributed by atoms with Gasteiger partial charge in [-0.1, -0.05) is 17.7 Å². The number of alkyl halides is 3. The molecular formula is C13H17F3N2O. The molecule has 0 spiro atoms. The van der Waals surface area contributed by atoms with Gasteiger partial charge in [0.1, 0.15) is 0 Å². The molecule has 0 saturated carbocycles. The van der Waals surface area contributed by atoms with Crippen molar-refractivity contribution < 1.29 is 18.0 Å². The van der Waals surface area contributed by atoms with Gasteiger partial charge in [-0.2, -0.15) is 13.2 Å². The molecule has 1 rings (SSSR count). The lowest BCUT2D eigenvalue weighted by Gasteiger charge is -2.08. The zero-order valence-corrected chi connectivity index (χ0v) is 10.7. The van der Waals surface area contributed by atoms with Gasteiger partial charge in [0, 0.05) is 25.2 Å². The Kier molecular flexibility index (Phi) is 5.82. The summed E-state index contributed by atoms with van der Waals surface area (Å²) in [5.74, 6) is -0.224. The number of aryl methyl sites for hydroxylation is 1. The van der Waals surface area contributed by atoms with Crippen LogP contribution in [0.5, 0.6) is 0 Å². The van der Waals surface area contributed by atoms with Gasteiger partial charge in [-0.15, -0.1) is 0 Å². The first-order chi connectivity index (χ1) is 8.88. The molecule has 0 aliphatic heterocycles. The summed E-state index contributed by atoms with van der Waals surface area (Å²) in [6, 6.07) is 7.08. The van der Waals surface area contributed by atoms with E-state index in [4.69, 9.17) is 0 Å². The van der Waals surface area contributed by atoms with Gasteiger partial charge in [-0.25, -0.2) is 0 Å². The summed E-state index contributed by atoms with van der Waals surface area (Å²) in [7, 11) is 0. The predicted molar refractivity (Wildman–Crippen MR) is 67.1 cm³/mol. The SMILES string of the molecule is Cc1ccc(C(=O)NCCNCCC(F)(F)F)cc1. The molecule has 0 heterocycles. The average molecular weight is 274 g/mol. The summed E-state index contributed by atoms with van der Waals surface area (Å²) >= 11 is 0. The van der Waals surface area contributed by atoms with Crippen LogP contribution < -0.4 is 10.6 Å². The maximum Gasteiger partial charge on any atom is 0.390 e. The summed E-state index contributed by atoms with van der Waals surface area (Å²) in [6.45, 7) is 2.40. The minimum absolute atomic E-state index is 0.135. The van der Waals surface area contributed by atoms with E-state index in [0.717, 1.165) is 5.56 Å². The topological polar surface area (TPSA) is 41.1 Å². The zero-order chi connectivity index (χ0) is 14.3. The van der Waals surface area contributed by atoms with E-state index in [9.17, 15) is 18.0 Å². The van der Waals surface area contributed by atoms with Crippen LogP contribution in [0.3, 0.4) is 0 Å². The molecule has 0 saturated heterocycles. The molecule has 0 aliphatic carbocycles. The standard InChI is InChI=1S/C13H17F3N2O/c1-10-2-4-11(5-3-10)12(19)18-9-8-17-7-6-13(14,15)16/h2-5,17H,6-9H2,1H3,(H,18,19). The van der Waals surface area contributed by atoms with Crippen LogP contribution in [0.15, 0.2) is 24.3 Å². The Bertz CT molecular complexity index is 401. The van der Waals surface area contributed by atoms with Crippen molar-refractivity contribution in [2.75, 3.05) is 19.6 Å². The fourth-order valence-electron chi connectivity index (χ4n) is 1.43. The maximum absolute atomic E-state index is 11.8. The van der Waals surface area contributed by atoms with Gasteiger partial charge in [0.05, 0.1) is 6.42 Å². The van der Waals surface area contributed by atoms with E-state index >= 15 is 0 Å². The van der Waals surface area contributed by atoms with Gasteiger partial charge >= 0.3 is 6.18 Å². The Labute approximate surface area is 110 Å². The monoisotopic (exact) mass is 274 g/mol. The second kappa shape index (κ2) is 7.13. The molecule has 6 heteroatoms. The number of hydrogen-bond donors (Lipinski definition) is 2. The minimum atomic E-state index is -4.14. The Hall–Kier alpha value is -1.56. The van der Waals surface area contributed by atoms with Gasteiger partial charge in [0.15, 0.2) is 0 Å². The maximum atomic E-state index is 11.8. The van der Waals surface area contributed by atoms with E-state index < -0.39 is 12.6 Å². The molecule has 1 aromatic carbocycles. The van der Waals surface area contributed by atoms with Crippen molar-refractivity contribution in [1.29, 1.82) is 0 Å². The number of carbonyl (C=O) groups excluding carboxylic acids is 1. The normalized spacial score (nSPS) is 11.4. The predicted octanol–water partition coefficient (Wildman–Crippen LogP) is 2.27. The molecule has 1 aromatic rings. The zero-order valence-electron chi connectivity index (χ0n) is 10.7. The van der Waals surface area contributed by atoms with Crippen molar-refractivity contribution in [2.24, 2.45) is 0 Å². The van der Waals surface area contributed by atoms with Gasteiger partial charge in [-0.05, 0) is 19.1 Å². The van der Waals surface area contributed by atoms with E-state index in [1.807, 2.05) is 19.1 Å². The Morgan fingerprint density at radius 1 is 1.11 bits per heavy atom. The van der Waals surface area contributed by atoms with Gasteiger partial charge in [0.2, 0.25) is 0 Å². The quantitative estimate of drug-likeness (QED) is 0.781. The lowest BCUT2D eigenvalue weighted by Crippen LogP contribution is -2.33. The Balaban J connectivity index is 2.16. The second-order valence-corrected chi connectivity index (χ2v) is 4.24. The van der Waals surface area contributed by atoms with Crippen molar-refractivity contribution >= 4 is 5.91 Å². The Morgan fingerprint density at radius 2 is 1.74 bits per heavy atom. The van der Waals surface area contributed by atoms with Crippen molar-refractivity contribution in [1.82, 2.24) is 10.6 Å². The summed E-state index contributed by atoms with van der Waals surface area (Å²) < 4.78 is 35.5. The molecule has 0 unspecified atom stereocenters. The highest BCUT2D eigenvalue weighted by molar-refractivity contribution is 5.94. The smallest absolute Gasteiger partial charge is 0.351 e. The molecule has 0 aliphatic rings. The van der Waals surface area contributed by atoms with E-state index in [1.165, 1.54) is 0 Å². The lowest BCUT2D eigenvalue weighted by atomic mass is 10.1. The molecular weight excluding hydrogens is 257 g/mol. The molecule has 19 heavy (non-hydrogen) atoms. The summed E-state index contributed by atoms with van der Waals surface area (Å²) in [5.41, 5.74) is 1.60. The third kappa shape index (κ3) is 6.81. The van der Waals surface area contributed by atoms with Crippen LogP contribution in [-0.2, 0) is 0 Å². The first-order valence-electron chi connectivity index (χ1n) is 6.01. The number of rotatable bonds is 6. The fourth-order valence-corrected chi connectivity index (χ4v) is 1.43. The number of benzene rings is 1. The van der Waals surface area contributed by atoms with E-state index in [1.54, 1.807) is 12.1 Å². The largest absolute Gasteiger partial charge is 0.390 e. The van der Waals surface area contributed by atoms with Crippen LogP contribution in [0.1, 0.15) is 22.3 Å². The van der Waals surface area contributed by atoms with E-state index in [0.29, 0.717) is 18.7 Å². The van der Waals surface area contributed by atoms with Crippen LogP contribution >= 0.6 is 0 Å². The third-order valence-corrected chi connectivity index (χ3v) is 2.49. The van der Waals surface area contributed by atoms with Gasteiger partial charge in [-0.3, -0.25) is 4.79 Å². The highest BCUT2D eigenvalue weighted by Crippen LogP contribution is 2.17. The van der Waals surface area contributed by atoms with Crippen LogP contribution in [0.4, 0.5) is 13.2 Å². The van der Waals surface area contributed by atoms with Gasteiger partial charge < -0.3 is 10.6 Å². The van der Waals surface area contributed by atoms with Gasteiger partial charge in [0.25, 0.3) is 5.91 Å². The fraction of sp³-hybridized carbons (Fsp3) is 0.462. The molecule has 0 radical (unpaired) electrons. The first-order valence-corrected chi connectivity index (χ1v) is 6.01. The molecule has 0 aromatic heterocycles. The molecule has 2 N–H and O–H groups in total. The summed E-state index contributed by atoms with van der Waals surface area (Å²) in [4.78, 5) is 11.6. The summed E-state index contributed by atoms with van der Waals surface area (Å²) in [6.07, 6.45) is -5.00. The number of carbonyl (C=O) groups is 1. The Morgan fingerprint density at radius 3 is 2.32 bits per heavy atom. The van der Waals surface area contributed by atoms with Crippen LogP contribution in [-0.4, -0.2) is 31.7 Å². The van der Waals surface area contributed by atoms with Crippen molar-refractivity contribution in [3.8, 4) is 0 Å². The number of amides is 1. The van der Waals surface area contributed by atoms with Crippen LogP contribution in [0, 0.1) is 6.92 Å². The second-order valence-electron chi connectivity index (χ2n) is 4.24. The van der Waals surface area contributed by atoms with E-state index in [2.05, 4.69) is 10.6 Å². The van der Waals surface area contributed by atoms with Crippen molar-refractivity contribution in [3.63, 3.8) is 0 Å². The lowest BCUT2D eigenvalue weighted by molar-refractivity contribution is -0.133. The van der Waals surface area contributed by atoms with Crippen LogP contribution in [0.25, 0.3) is 0 Å². The molecule has 1 amide bonds. The first kappa shape index (κ1) is 15.5. The molecule has 0 bridgehead atoms. The van der Waals surface area contributed by atoms with Crippen LogP contribution in [0.2, 0.25) is 0 Å². The molecule has 0 fully saturated rings. The number of nitrogens with one attached hydrogen (secondary N) is 2. The summed E-state index contributed by atoms with van der Waals surface area (Å²) in [5, 5.41) is 5.26. The highest BCUT2D eigenvalue weighted by Gasteiger charge is 2.25. The molecule has 106 valence electrons. The molecule has 3 nitrogen and oxygen atoms in total.